The van der Waals surface area contributed by atoms with Crippen LogP contribution in [0.15, 0.2) is 36.8 Å². The molecule has 3 heterocycles. The van der Waals surface area contributed by atoms with Gasteiger partial charge in [0.1, 0.15) is 17.4 Å². The van der Waals surface area contributed by atoms with E-state index in [0.717, 1.165) is 31.5 Å². The molecule has 4 rings (SSSR count). The minimum absolute atomic E-state index is 0.0472. The fourth-order valence-corrected chi connectivity index (χ4v) is 3.84. The average Bonchev–Trinajstić information content (AvgIpc) is 3.14. The van der Waals surface area contributed by atoms with Gasteiger partial charge in [-0.15, -0.1) is 0 Å². The Kier molecular flexibility index (Phi) is 6.37. The number of hydrogen-bond acceptors (Lipinski definition) is 7. The third kappa shape index (κ3) is 5.70. The van der Waals surface area contributed by atoms with Crippen LogP contribution in [0.3, 0.4) is 0 Å². The smallest absolute Gasteiger partial charge is 0.407 e. The molecule has 0 aliphatic carbocycles. The molecular weight excluding hydrogens is 427 g/mol. The van der Waals surface area contributed by atoms with Gasteiger partial charge in [-0.25, -0.2) is 13.7 Å². The van der Waals surface area contributed by atoms with Gasteiger partial charge in [0.25, 0.3) is 0 Å². The van der Waals surface area contributed by atoms with Crippen LogP contribution in [0.4, 0.5) is 14.9 Å². The van der Waals surface area contributed by atoms with Crippen molar-refractivity contribution >= 4 is 17.3 Å². The molecule has 1 aromatic carbocycles. The summed E-state index contributed by atoms with van der Waals surface area (Å²) in [7, 11) is 0. The van der Waals surface area contributed by atoms with Crippen molar-refractivity contribution in [3.05, 3.63) is 48.2 Å². The molecule has 1 saturated heterocycles. The van der Waals surface area contributed by atoms with Gasteiger partial charge in [-0.05, 0) is 57.4 Å². The lowest BCUT2D eigenvalue weighted by molar-refractivity contribution is 0.0477. The molecule has 0 atom stereocenters. The van der Waals surface area contributed by atoms with Crippen LogP contribution in [0.5, 0.6) is 11.6 Å². The molecule has 9 nitrogen and oxygen atoms in total. The number of fused-ring (bicyclic) bond motifs is 1. The van der Waals surface area contributed by atoms with Crippen LogP contribution in [0, 0.1) is 5.82 Å². The average molecular weight is 457 g/mol. The predicted molar refractivity (Wildman–Crippen MR) is 122 cm³/mol. The molecule has 3 N–H and O–H groups in total. The van der Waals surface area contributed by atoms with Crippen molar-refractivity contribution in [2.24, 2.45) is 0 Å². The number of likely N-dealkylation sites (tertiary alicyclic amines) is 1. The van der Waals surface area contributed by atoms with Crippen LogP contribution in [-0.2, 0) is 11.3 Å². The van der Waals surface area contributed by atoms with E-state index < -0.39 is 11.4 Å². The second-order valence-corrected chi connectivity index (χ2v) is 9.19. The van der Waals surface area contributed by atoms with Gasteiger partial charge in [0.05, 0.1) is 0 Å². The lowest BCUT2D eigenvalue weighted by atomic mass is 10.0. The van der Waals surface area contributed by atoms with Gasteiger partial charge in [0.2, 0.25) is 5.88 Å². The summed E-state index contributed by atoms with van der Waals surface area (Å²) in [5.41, 5.74) is 7.09. The number of rotatable bonds is 5. The van der Waals surface area contributed by atoms with E-state index in [4.69, 9.17) is 15.2 Å². The van der Waals surface area contributed by atoms with E-state index in [1.807, 2.05) is 33.0 Å². The topological polar surface area (TPSA) is 107 Å². The highest BCUT2D eigenvalue weighted by Crippen LogP contribution is 2.30. The highest BCUT2D eigenvalue weighted by Gasteiger charge is 2.24. The van der Waals surface area contributed by atoms with Crippen LogP contribution in [0.2, 0.25) is 0 Å². The quantitative estimate of drug-likeness (QED) is 0.563. The zero-order chi connectivity index (χ0) is 23.6. The third-order valence-corrected chi connectivity index (χ3v) is 5.37. The number of hydrogen-bond donors (Lipinski definition) is 2. The molecule has 10 heteroatoms. The van der Waals surface area contributed by atoms with Crippen molar-refractivity contribution < 1.29 is 18.7 Å². The number of nitrogen functional groups attached to an aromatic ring is 1. The van der Waals surface area contributed by atoms with Gasteiger partial charge in [0.15, 0.2) is 11.6 Å². The summed E-state index contributed by atoms with van der Waals surface area (Å²) in [5, 5.41) is 7.19. The van der Waals surface area contributed by atoms with Gasteiger partial charge >= 0.3 is 6.09 Å². The first-order valence-electron chi connectivity index (χ1n) is 10.9. The van der Waals surface area contributed by atoms with E-state index >= 15 is 0 Å². The molecule has 0 saturated carbocycles. The number of amides is 1. The summed E-state index contributed by atoms with van der Waals surface area (Å²) in [4.78, 5) is 18.6. The van der Waals surface area contributed by atoms with E-state index in [1.165, 1.54) is 18.5 Å². The van der Waals surface area contributed by atoms with E-state index in [1.54, 1.807) is 10.6 Å². The lowest BCUT2D eigenvalue weighted by Crippen LogP contribution is -2.45. The van der Waals surface area contributed by atoms with Gasteiger partial charge < -0.3 is 20.5 Å². The maximum atomic E-state index is 14.3. The molecule has 0 spiro atoms. The summed E-state index contributed by atoms with van der Waals surface area (Å²) < 4.78 is 27.1. The molecule has 1 amide bonds. The van der Waals surface area contributed by atoms with Crippen molar-refractivity contribution in [1.82, 2.24) is 24.8 Å². The number of piperidine rings is 1. The number of carbonyl (C=O) groups excluding carboxylic acids is 1. The minimum Gasteiger partial charge on any atom is -0.444 e. The van der Waals surface area contributed by atoms with Gasteiger partial charge in [-0.1, -0.05) is 0 Å². The van der Waals surface area contributed by atoms with Crippen LogP contribution in [-0.4, -0.2) is 50.3 Å². The van der Waals surface area contributed by atoms with Crippen molar-refractivity contribution in [1.29, 1.82) is 0 Å². The molecule has 3 aromatic rings. The fourth-order valence-electron chi connectivity index (χ4n) is 3.84. The molecule has 0 bridgehead atoms. The summed E-state index contributed by atoms with van der Waals surface area (Å²) >= 11 is 0. The monoisotopic (exact) mass is 456 g/mol. The second-order valence-electron chi connectivity index (χ2n) is 9.19. The summed E-state index contributed by atoms with van der Waals surface area (Å²) in [6.07, 6.45) is 4.46. The third-order valence-electron chi connectivity index (χ3n) is 5.37. The molecule has 2 aromatic heterocycles. The van der Waals surface area contributed by atoms with Gasteiger partial charge in [-0.3, -0.25) is 4.90 Å². The number of halogens is 1. The molecular formula is C23H29FN6O3. The highest BCUT2D eigenvalue weighted by atomic mass is 19.1. The Morgan fingerprint density at radius 2 is 2.03 bits per heavy atom. The number of ether oxygens (including phenoxy) is 2. The van der Waals surface area contributed by atoms with E-state index in [0.29, 0.717) is 17.7 Å². The predicted octanol–water partition coefficient (Wildman–Crippen LogP) is 3.73. The summed E-state index contributed by atoms with van der Waals surface area (Å²) in [6.45, 7) is 7.83. The SMILES string of the molecule is CC(C)(C)OC(=O)NC1CCN(Cc2ccn3ncnc(Oc4ccc(N)cc4F)c23)CC1. The summed E-state index contributed by atoms with van der Waals surface area (Å²) in [6, 6.07) is 6.31. The molecule has 33 heavy (non-hydrogen) atoms. The second kappa shape index (κ2) is 9.22. The Morgan fingerprint density at radius 1 is 1.27 bits per heavy atom. The number of anilines is 1. The maximum Gasteiger partial charge on any atom is 0.407 e. The molecule has 1 aliphatic rings. The standard InChI is InChI=1S/C23H29FN6O3/c1-23(2,3)33-22(31)28-17-7-9-29(10-8-17)13-15-6-11-30-20(15)21(26-14-27-30)32-19-5-4-16(25)12-18(19)24/h4-6,11-12,14,17H,7-10,13,25H2,1-3H3,(H,28,31). The van der Waals surface area contributed by atoms with Crippen LogP contribution in [0.25, 0.3) is 5.52 Å². The van der Waals surface area contributed by atoms with E-state index in [9.17, 15) is 9.18 Å². The van der Waals surface area contributed by atoms with Gasteiger partial charge in [0, 0.05) is 43.6 Å². The number of nitrogens with zero attached hydrogens (tertiary/aromatic N) is 4. The van der Waals surface area contributed by atoms with E-state index in [2.05, 4.69) is 20.3 Å². The summed E-state index contributed by atoms with van der Waals surface area (Å²) in [5.74, 6) is -0.236. The van der Waals surface area contributed by atoms with Gasteiger partial charge in [-0.2, -0.15) is 10.1 Å². The zero-order valence-corrected chi connectivity index (χ0v) is 19.0. The first kappa shape index (κ1) is 22.8. The lowest BCUT2D eigenvalue weighted by Gasteiger charge is -2.32. The minimum atomic E-state index is -0.556. The Morgan fingerprint density at radius 3 is 2.73 bits per heavy atom. The first-order valence-corrected chi connectivity index (χ1v) is 10.9. The number of alkyl carbamates (subject to hydrolysis) is 1. The Labute approximate surface area is 191 Å². The molecule has 0 radical (unpaired) electrons. The largest absolute Gasteiger partial charge is 0.444 e. The number of aromatic nitrogens is 3. The van der Waals surface area contributed by atoms with Crippen LogP contribution >= 0.6 is 0 Å². The van der Waals surface area contributed by atoms with Crippen molar-refractivity contribution in [3.8, 4) is 11.6 Å². The first-order chi connectivity index (χ1) is 15.7. The fraction of sp³-hybridized carbons (Fsp3) is 0.435. The highest BCUT2D eigenvalue weighted by molar-refractivity contribution is 5.68. The Balaban J connectivity index is 1.42. The Bertz CT molecular complexity index is 1130. The normalized spacial score (nSPS) is 15.5. The molecule has 0 unspecified atom stereocenters. The molecule has 1 aliphatic heterocycles. The number of benzene rings is 1. The van der Waals surface area contributed by atoms with Crippen molar-refractivity contribution in [2.75, 3.05) is 18.8 Å². The van der Waals surface area contributed by atoms with Crippen molar-refractivity contribution in [3.63, 3.8) is 0 Å². The van der Waals surface area contributed by atoms with Crippen LogP contribution in [0.1, 0.15) is 39.2 Å². The molecule has 1 fully saturated rings. The molecule has 176 valence electrons. The maximum absolute atomic E-state index is 14.3. The van der Waals surface area contributed by atoms with Crippen molar-refractivity contribution in [2.45, 2.75) is 51.8 Å². The van der Waals surface area contributed by atoms with E-state index in [-0.39, 0.29) is 23.8 Å². The van der Waals surface area contributed by atoms with Crippen LogP contribution < -0.4 is 15.8 Å². The number of nitrogens with one attached hydrogen (secondary N) is 1. The Hall–Kier alpha value is -3.40. The number of nitrogens with two attached hydrogens (primary N) is 1. The number of carbonyl (C=O) groups is 1. The zero-order valence-electron chi connectivity index (χ0n) is 19.0.